The zero-order chi connectivity index (χ0) is 22.3. The molecule has 7 rings (SSSR count). The fourth-order valence-corrected chi connectivity index (χ4v) is 7.88. The van der Waals surface area contributed by atoms with Gasteiger partial charge in [-0.1, -0.05) is 36.4 Å². The van der Waals surface area contributed by atoms with Gasteiger partial charge in [0.25, 0.3) is 5.91 Å². The Hall–Kier alpha value is -2.62. The Morgan fingerprint density at radius 3 is 2.09 bits per heavy atom. The van der Waals surface area contributed by atoms with Gasteiger partial charge in [-0.25, -0.2) is 4.99 Å². The van der Waals surface area contributed by atoms with Gasteiger partial charge in [0.15, 0.2) is 11.5 Å². The van der Waals surface area contributed by atoms with Crippen LogP contribution >= 0.6 is 0 Å². The second kappa shape index (κ2) is 6.69. The molecule has 2 aromatic carbocycles. The molecule has 0 saturated heterocycles. The zero-order valence-corrected chi connectivity index (χ0v) is 19.4. The number of nitrogens with zero attached hydrogens (tertiary/aromatic N) is 2. The largest absolute Gasteiger partial charge is 0.369 e. The van der Waals surface area contributed by atoms with Gasteiger partial charge in [-0.3, -0.25) is 9.69 Å². The molecular weight excluding hydrogens is 394 g/mol. The van der Waals surface area contributed by atoms with Crippen molar-refractivity contribution in [1.82, 2.24) is 4.90 Å². The molecule has 4 fully saturated rings. The van der Waals surface area contributed by atoms with Gasteiger partial charge in [-0.05, 0) is 104 Å². The van der Waals surface area contributed by atoms with E-state index in [1.807, 2.05) is 0 Å². The standard InChI is InChI=1S/C28H33N3O/c1-17-7-8-23(9-18(17)2)22-5-4-6-24(13-22)28(25(32)31(3)26(29)30-28)27-14-19-10-20(15-27)12-21(11-19)16-27/h4-9,13,19-21H,10-12,14-16H2,1-3H3,(H2,29,30). The molecular formula is C28H33N3O. The summed E-state index contributed by atoms with van der Waals surface area (Å²) in [6.45, 7) is 4.29. The third-order valence-electron chi connectivity index (χ3n) is 9.17. The van der Waals surface area contributed by atoms with Crippen molar-refractivity contribution in [2.24, 2.45) is 33.9 Å². The molecule has 4 bridgehead atoms. The van der Waals surface area contributed by atoms with E-state index in [9.17, 15) is 4.79 Å². The van der Waals surface area contributed by atoms with Crippen molar-refractivity contribution in [2.45, 2.75) is 57.9 Å². The Balaban J connectivity index is 1.53. The summed E-state index contributed by atoms with van der Waals surface area (Å²) in [6.07, 6.45) is 7.30. The Labute approximate surface area is 190 Å². The number of rotatable bonds is 3. The molecule has 5 aliphatic rings. The summed E-state index contributed by atoms with van der Waals surface area (Å²) >= 11 is 0. The average molecular weight is 428 g/mol. The molecule has 0 spiro atoms. The second-order valence-electron chi connectivity index (χ2n) is 11.1. The predicted molar refractivity (Wildman–Crippen MR) is 128 cm³/mol. The maximum absolute atomic E-state index is 14.0. The van der Waals surface area contributed by atoms with Crippen molar-refractivity contribution in [3.8, 4) is 11.1 Å². The number of carbonyl (C=O) groups excluding carboxylic acids is 1. The van der Waals surface area contributed by atoms with E-state index in [0.717, 1.165) is 48.1 Å². The van der Waals surface area contributed by atoms with Gasteiger partial charge in [0.1, 0.15) is 0 Å². The summed E-state index contributed by atoms with van der Waals surface area (Å²) in [4.78, 5) is 20.7. The number of guanidine groups is 1. The highest BCUT2D eigenvalue weighted by molar-refractivity contribution is 6.07. The molecule has 4 heteroatoms. The van der Waals surface area contributed by atoms with Crippen molar-refractivity contribution >= 4 is 11.9 Å². The van der Waals surface area contributed by atoms with Crippen LogP contribution in [0.25, 0.3) is 11.1 Å². The highest BCUT2D eigenvalue weighted by Gasteiger charge is 2.67. The van der Waals surface area contributed by atoms with Crippen LogP contribution in [0.1, 0.15) is 55.2 Å². The van der Waals surface area contributed by atoms with E-state index < -0.39 is 5.54 Å². The van der Waals surface area contributed by atoms with Gasteiger partial charge in [0, 0.05) is 12.5 Å². The smallest absolute Gasteiger partial charge is 0.262 e. The number of aryl methyl sites for hydroxylation is 2. The predicted octanol–water partition coefficient (Wildman–Crippen LogP) is 5.17. The first-order valence-electron chi connectivity index (χ1n) is 12.1. The summed E-state index contributed by atoms with van der Waals surface area (Å²) in [7, 11) is 1.79. The average Bonchev–Trinajstić information content (AvgIpc) is 3.00. The van der Waals surface area contributed by atoms with Crippen molar-refractivity contribution in [1.29, 1.82) is 0 Å². The highest BCUT2D eigenvalue weighted by atomic mass is 16.2. The zero-order valence-electron chi connectivity index (χ0n) is 19.4. The van der Waals surface area contributed by atoms with Crippen LogP contribution in [-0.2, 0) is 10.3 Å². The molecule has 1 aliphatic heterocycles. The van der Waals surface area contributed by atoms with Crippen LogP contribution in [0, 0.1) is 37.0 Å². The van der Waals surface area contributed by atoms with E-state index in [-0.39, 0.29) is 11.3 Å². The van der Waals surface area contributed by atoms with Crippen LogP contribution in [0.4, 0.5) is 0 Å². The molecule has 1 unspecified atom stereocenters. The second-order valence-corrected chi connectivity index (χ2v) is 11.1. The van der Waals surface area contributed by atoms with Crippen molar-refractivity contribution in [2.75, 3.05) is 7.05 Å². The van der Waals surface area contributed by atoms with E-state index >= 15 is 0 Å². The lowest BCUT2D eigenvalue weighted by molar-refractivity contribution is -0.149. The number of amides is 1. The minimum Gasteiger partial charge on any atom is -0.369 e. The molecule has 2 N–H and O–H groups in total. The Bertz CT molecular complexity index is 1110. The summed E-state index contributed by atoms with van der Waals surface area (Å²) in [5.41, 5.74) is 11.3. The molecule has 4 nitrogen and oxygen atoms in total. The third-order valence-corrected chi connectivity index (χ3v) is 9.17. The van der Waals surface area contributed by atoms with Gasteiger partial charge < -0.3 is 5.73 Å². The number of aliphatic imine (C=N–C) groups is 1. The molecule has 1 atom stereocenters. The molecule has 0 radical (unpaired) electrons. The van der Waals surface area contributed by atoms with Gasteiger partial charge in [-0.15, -0.1) is 0 Å². The monoisotopic (exact) mass is 427 g/mol. The van der Waals surface area contributed by atoms with E-state index in [2.05, 4.69) is 56.3 Å². The van der Waals surface area contributed by atoms with Crippen LogP contribution in [-0.4, -0.2) is 23.8 Å². The van der Waals surface area contributed by atoms with Crippen molar-refractivity contribution < 1.29 is 4.79 Å². The number of nitrogens with two attached hydrogens (primary N) is 1. The summed E-state index contributed by atoms with van der Waals surface area (Å²) in [5.74, 6) is 2.63. The number of likely N-dealkylation sites (N-methyl/N-ethyl adjacent to an activating group) is 1. The maximum Gasteiger partial charge on any atom is 0.262 e. The number of hydrogen-bond acceptors (Lipinski definition) is 3. The number of hydrogen-bond donors (Lipinski definition) is 1. The van der Waals surface area contributed by atoms with E-state index in [1.54, 1.807) is 11.9 Å². The number of benzene rings is 2. The molecule has 1 heterocycles. The molecule has 4 saturated carbocycles. The topological polar surface area (TPSA) is 58.7 Å². The van der Waals surface area contributed by atoms with Crippen LogP contribution in [0.15, 0.2) is 47.5 Å². The molecule has 0 aromatic heterocycles. The Morgan fingerprint density at radius 1 is 0.906 bits per heavy atom. The molecule has 4 aliphatic carbocycles. The van der Waals surface area contributed by atoms with Crippen LogP contribution in [0.5, 0.6) is 0 Å². The van der Waals surface area contributed by atoms with E-state index in [4.69, 9.17) is 10.7 Å². The lowest BCUT2D eigenvalue weighted by Crippen LogP contribution is -2.59. The number of carbonyl (C=O) groups is 1. The Morgan fingerprint density at radius 2 is 1.53 bits per heavy atom. The first-order valence-corrected chi connectivity index (χ1v) is 12.1. The van der Waals surface area contributed by atoms with Gasteiger partial charge in [-0.2, -0.15) is 0 Å². The quantitative estimate of drug-likeness (QED) is 0.735. The minimum atomic E-state index is -0.891. The fraction of sp³-hybridized carbons (Fsp3) is 0.500. The molecule has 166 valence electrons. The van der Waals surface area contributed by atoms with E-state index in [1.165, 1.54) is 36.0 Å². The summed E-state index contributed by atoms with van der Waals surface area (Å²) in [6, 6.07) is 15.2. The van der Waals surface area contributed by atoms with E-state index in [0.29, 0.717) is 5.96 Å². The third kappa shape index (κ3) is 2.61. The van der Waals surface area contributed by atoms with Crippen molar-refractivity contribution in [3.05, 3.63) is 59.2 Å². The molecule has 32 heavy (non-hydrogen) atoms. The summed E-state index contributed by atoms with van der Waals surface area (Å²) in [5, 5.41) is 0. The highest BCUT2D eigenvalue weighted by Crippen LogP contribution is 2.67. The SMILES string of the molecule is Cc1ccc(-c2cccc(C3(C45CC6CC(CC(C6)C4)C5)N=C(N)N(C)C3=O)c2)cc1C. The first-order chi connectivity index (χ1) is 15.3. The fourth-order valence-electron chi connectivity index (χ4n) is 7.88. The maximum atomic E-state index is 14.0. The van der Waals surface area contributed by atoms with Gasteiger partial charge in [0.2, 0.25) is 0 Å². The lowest BCUT2D eigenvalue weighted by Gasteiger charge is -2.61. The van der Waals surface area contributed by atoms with Crippen LogP contribution in [0.3, 0.4) is 0 Å². The normalized spacial score (nSPS) is 35.5. The van der Waals surface area contributed by atoms with Crippen LogP contribution in [0.2, 0.25) is 0 Å². The van der Waals surface area contributed by atoms with Crippen molar-refractivity contribution in [3.63, 3.8) is 0 Å². The van der Waals surface area contributed by atoms with Gasteiger partial charge in [0.05, 0.1) is 0 Å². The minimum absolute atomic E-state index is 0.0641. The first kappa shape index (κ1) is 20.0. The molecule has 2 aromatic rings. The Kier molecular flexibility index (Phi) is 4.19. The molecule has 1 amide bonds. The summed E-state index contributed by atoms with van der Waals surface area (Å²) < 4.78 is 0. The van der Waals surface area contributed by atoms with Gasteiger partial charge >= 0.3 is 0 Å². The van der Waals surface area contributed by atoms with Crippen LogP contribution < -0.4 is 5.73 Å². The lowest BCUT2D eigenvalue weighted by atomic mass is 9.43.